The van der Waals surface area contributed by atoms with Gasteiger partial charge in [-0.1, -0.05) is 118 Å². The zero-order valence-electron chi connectivity index (χ0n) is 42.6. The summed E-state index contributed by atoms with van der Waals surface area (Å²) in [6, 6.07) is 42.3. The van der Waals surface area contributed by atoms with E-state index in [4.69, 9.17) is 0 Å². The van der Waals surface area contributed by atoms with Crippen LogP contribution in [0.15, 0.2) is 155 Å². The van der Waals surface area contributed by atoms with E-state index in [1.165, 1.54) is 93.9 Å². The fourth-order valence-electron chi connectivity index (χ4n) is 7.79. The molecule has 12 rings (SSSR count). The maximum Gasteiger partial charge on any atom is 1.00 e. The monoisotopic (exact) mass is 1170 g/mol. The molecule has 0 fully saturated rings. The van der Waals surface area contributed by atoms with Crippen molar-refractivity contribution in [1.82, 2.24) is 39.9 Å². The van der Waals surface area contributed by atoms with Gasteiger partial charge in [-0.2, -0.15) is 36.8 Å². The molecule has 0 aliphatic carbocycles. The molecule has 78 heavy (non-hydrogen) atoms. The predicted molar refractivity (Wildman–Crippen MR) is 306 cm³/mol. The molecule has 0 aliphatic rings. The van der Waals surface area contributed by atoms with Gasteiger partial charge in [0, 0.05) is 23.5 Å². The van der Waals surface area contributed by atoms with Gasteiger partial charge in [0.05, 0.1) is 40.9 Å². The van der Waals surface area contributed by atoms with Gasteiger partial charge in [0.15, 0.2) is 20.5 Å². The molecule has 28 heteroatoms. The number of hydrogen-bond donors (Lipinski definition) is 8. The van der Waals surface area contributed by atoms with Crippen molar-refractivity contribution in [3.8, 4) is 0 Å². The summed E-state index contributed by atoms with van der Waals surface area (Å²) in [6.07, 6.45) is 2.59. The number of nitrogens with one attached hydrogen (secondary N) is 6. The van der Waals surface area contributed by atoms with E-state index in [2.05, 4.69) is 71.8 Å². The van der Waals surface area contributed by atoms with Gasteiger partial charge in [-0.3, -0.25) is 9.11 Å². The third-order valence-corrected chi connectivity index (χ3v) is 16.7. The normalized spacial score (nSPS) is 11.7. The van der Waals surface area contributed by atoms with E-state index in [-0.39, 0.29) is 96.4 Å². The van der Waals surface area contributed by atoms with Crippen LogP contribution in [0.4, 0.5) is 67.1 Å². The van der Waals surface area contributed by atoms with E-state index in [0.717, 1.165) is 40.9 Å². The largest absolute Gasteiger partial charge is 1.00 e. The fourth-order valence-corrected chi connectivity index (χ4v) is 12.7. The molecule has 20 nitrogen and oxygen atoms in total. The number of rotatable bonds is 16. The Labute approximate surface area is 506 Å². The Morgan fingerprint density at radius 2 is 0.654 bits per heavy atom. The number of hydrogen-bond acceptors (Lipinski definition) is 22. The number of thiazole rings is 4. The molecular weight excluding hydrogens is 1130 g/mol. The van der Waals surface area contributed by atoms with Crippen LogP contribution in [0, 0.1) is 0 Å². The maximum absolute atomic E-state index is 13.0. The molecule has 6 aromatic carbocycles. The van der Waals surface area contributed by atoms with E-state index in [0.29, 0.717) is 43.8 Å². The molecular formula is C50H36N14Na2O6S6. The van der Waals surface area contributed by atoms with E-state index in [9.17, 15) is 25.9 Å². The maximum atomic E-state index is 13.0. The van der Waals surface area contributed by atoms with Crippen molar-refractivity contribution in [1.29, 1.82) is 0 Å². The van der Waals surface area contributed by atoms with Crippen LogP contribution in [0.5, 0.6) is 0 Å². The van der Waals surface area contributed by atoms with Gasteiger partial charge < -0.3 is 34.8 Å². The summed E-state index contributed by atoms with van der Waals surface area (Å²) in [4.78, 5) is 36.2. The quantitative estimate of drug-likeness (QED) is 0.0273. The van der Waals surface area contributed by atoms with Crippen LogP contribution < -0.4 is 91.0 Å². The van der Waals surface area contributed by atoms with Crippen LogP contribution in [-0.4, -0.2) is 65.8 Å². The number of nitrogens with zero attached hydrogens (tertiary/aromatic N) is 8. The van der Waals surface area contributed by atoms with Crippen molar-refractivity contribution in [3.05, 3.63) is 157 Å². The molecule has 0 unspecified atom stereocenters. The fraction of sp³-hybridized carbons (Fsp3) is 0. The zero-order valence-corrected chi connectivity index (χ0v) is 49.5. The molecule has 0 saturated carbocycles. The molecule has 0 amide bonds. The van der Waals surface area contributed by atoms with Crippen LogP contribution in [0.2, 0.25) is 0 Å². The number of para-hydroxylation sites is 4. The number of anilines is 12. The van der Waals surface area contributed by atoms with Crippen molar-refractivity contribution in [3.63, 3.8) is 0 Å². The second-order valence-electron chi connectivity index (χ2n) is 16.4. The smallest absolute Gasteiger partial charge is 1.00 e. The molecule has 12 aromatic rings. The second-order valence-corrected chi connectivity index (χ2v) is 23.3. The minimum Gasteiger partial charge on any atom is -1.00 e. The molecule has 0 bridgehead atoms. The second kappa shape index (κ2) is 23.0. The molecule has 0 spiro atoms. The average molecular weight is 1170 g/mol. The van der Waals surface area contributed by atoms with E-state index < -0.39 is 30.0 Å². The number of aromatic nitrogens is 8. The minimum atomic E-state index is -4.90. The van der Waals surface area contributed by atoms with Gasteiger partial charge in [0.25, 0.3) is 20.2 Å². The summed E-state index contributed by atoms with van der Waals surface area (Å²) in [7, 11) is -9.79. The van der Waals surface area contributed by atoms with Gasteiger partial charge in [-0.15, -0.1) is 0 Å². The number of fused-ring (bicyclic) bond motifs is 4. The van der Waals surface area contributed by atoms with Gasteiger partial charge in [0.1, 0.15) is 33.1 Å². The van der Waals surface area contributed by atoms with Crippen LogP contribution in [0.3, 0.4) is 0 Å². The molecule has 0 radical (unpaired) electrons. The molecule has 0 aliphatic heterocycles. The predicted octanol–water partition coefficient (Wildman–Crippen LogP) is 7.06. The van der Waals surface area contributed by atoms with Crippen LogP contribution in [0.25, 0.3) is 53.0 Å². The van der Waals surface area contributed by atoms with Crippen LogP contribution in [0.1, 0.15) is 14.0 Å². The van der Waals surface area contributed by atoms with E-state index in [1.54, 1.807) is 12.1 Å². The Morgan fingerprint density at radius 3 is 0.923 bits per heavy atom. The van der Waals surface area contributed by atoms with Crippen LogP contribution >= 0.6 is 45.3 Å². The Bertz CT molecular complexity index is 3910. The first kappa shape index (κ1) is 54.7. The third-order valence-electron chi connectivity index (χ3n) is 11.1. The van der Waals surface area contributed by atoms with Crippen LogP contribution in [-0.2, 0) is 20.2 Å². The van der Waals surface area contributed by atoms with Crippen molar-refractivity contribution in [2.24, 2.45) is 0 Å². The zero-order chi connectivity index (χ0) is 52.0. The topological polar surface area (TPSA) is 284 Å². The summed E-state index contributed by atoms with van der Waals surface area (Å²) in [6.45, 7) is 0. The van der Waals surface area contributed by atoms with E-state index in [1.807, 2.05) is 97.1 Å². The summed E-state index contributed by atoms with van der Waals surface area (Å²) in [5.74, 6) is 1.51. The first-order valence-corrected chi connectivity index (χ1v) is 28.6. The average Bonchev–Trinajstić information content (AvgIpc) is 4.20. The molecule has 6 heterocycles. The summed E-state index contributed by atoms with van der Waals surface area (Å²) in [5.41, 5.74) is 3.55. The Morgan fingerprint density at radius 1 is 0.372 bits per heavy atom. The van der Waals surface area contributed by atoms with Crippen molar-refractivity contribution >= 4 is 186 Å². The van der Waals surface area contributed by atoms with Crippen molar-refractivity contribution < 1.29 is 87.9 Å². The Balaban J connectivity index is 0.00000210. The Kier molecular flexibility index (Phi) is 16.1. The minimum absolute atomic E-state index is 0. The Hall–Kier alpha value is -6.60. The standard InChI is InChI=1S/C50H34N14O6S6.2Na.2H/c65-75(66,67)39-23-29(51-45-57-41(61-47-53-31-9-1-5-13-35(31)71-47)25-42(58-45)62-48-54-32-10-2-6-14-36(32)72-48)21-19-27(39)17-18-28-20-22-30(24-40(28)76(68,69)70)52-46-59-43(63-49-55-33-11-3-7-15-37(33)73-49)26-44(60-46)64-50-56-34-12-4-8-16-38(34)74-50;;;;/h1-26H,(H,65,66,67)(H,68,69,70)(H3,51,53,54,57,58,61,62)(H3,52,55,56,59,60,63,64);;;;/q;2*+1;2*-1. The summed E-state index contributed by atoms with van der Waals surface area (Å²) < 4.78 is 76.8. The van der Waals surface area contributed by atoms with Gasteiger partial charge in [-0.05, 0) is 83.9 Å². The first-order valence-electron chi connectivity index (χ1n) is 22.5. The van der Waals surface area contributed by atoms with Gasteiger partial charge in [0.2, 0.25) is 11.9 Å². The van der Waals surface area contributed by atoms with Gasteiger partial charge in [-0.25, -0.2) is 19.9 Å². The summed E-state index contributed by atoms with van der Waals surface area (Å²) in [5, 5.41) is 21.3. The molecule has 6 aromatic heterocycles. The SMILES string of the molecule is O=S(=O)(O)c1cc(Nc2nc(Nc3nc4ccccc4s3)cc(Nc3nc4ccccc4s3)n2)ccc1C=Cc1ccc(Nc2nc(Nc3nc4ccccc4s3)cc(Nc3nc4ccccc4s3)n2)cc1S(=O)(=O)O.[H-].[H-].[Na+].[Na+]. The molecule has 0 atom stereocenters. The third kappa shape index (κ3) is 12.6. The van der Waals surface area contributed by atoms with Crippen molar-refractivity contribution in [2.45, 2.75) is 9.79 Å². The number of benzene rings is 6. The first-order chi connectivity index (χ1) is 36.8. The summed E-state index contributed by atoms with van der Waals surface area (Å²) >= 11 is 5.73. The molecule has 8 N–H and O–H groups in total. The van der Waals surface area contributed by atoms with E-state index >= 15 is 0 Å². The van der Waals surface area contributed by atoms with Gasteiger partial charge >= 0.3 is 59.1 Å². The molecule has 380 valence electrons. The van der Waals surface area contributed by atoms with Crippen molar-refractivity contribution in [2.75, 3.05) is 31.9 Å². The molecule has 0 saturated heterocycles.